The van der Waals surface area contributed by atoms with Gasteiger partial charge in [0.1, 0.15) is 5.60 Å². The molecule has 16 heavy (non-hydrogen) atoms. The standard InChI is InChI=1S/C14H19NO/c15-9-14(16,12-6-7-12)13-5-4-10-2-1-3-11(10)8-13/h4-5,8,12,16H,1-3,6-7,9,15H2. The third-order valence-corrected chi connectivity index (χ3v) is 4.16. The molecule has 86 valence electrons. The van der Waals surface area contributed by atoms with Crippen LogP contribution in [0, 0.1) is 5.92 Å². The maximum atomic E-state index is 10.6. The van der Waals surface area contributed by atoms with E-state index in [0.717, 1.165) is 24.8 Å². The van der Waals surface area contributed by atoms with Gasteiger partial charge in [-0.2, -0.15) is 0 Å². The lowest BCUT2D eigenvalue weighted by Gasteiger charge is -2.27. The van der Waals surface area contributed by atoms with Gasteiger partial charge in [-0.25, -0.2) is 0 Å². The van der Waals surface area contributed by atoms with Crippen LogP contribution in [0.4, 0.5) is 0 Å². The summed E-state index contributed by atoms with van der Waals surface area (Å²) >= 11 is 0. The van der Waals surface area contributed by atoms with Crippen LogP contribution < -0.4 is 5.73 Å². The van der Waals surface area contributed by atoms with Crippen LogP contribution in [0.2, 0.25) is 0 Å². The molecule has 1 atom stereocenters. The quantitative estimate of drug-likeness (QED) is 0.810. The van der Waals surface area contributed by atoms with Gasteiger partial charge in [0.15, 0.2) is 0 Å². The van der Waals surface area contributed by atoms with Crippen LogP contribution >= 0.6 is 0 Å². The molecule has 1 unspecified atom stereocenters. The summed E-state index contributed by atoms with van der Waals surface area (Å²) in [6.45, 7) is 0.344. The van der Waals surface area contributed by atoms with Gasteiger partial charge in [-0.15, -0.1) is 0 Å². The van der Waals surface area contributed by atoms with Crippen LogP contribution in [0.15, 0.2) is 18.2 Å². The van der Waals surface area contributed by atoms with Crippen LogP contribution in [-0.2, 0) is 18.4 Å². The Kier molecular flexibility index (Phi) is 2.30. The summed E-state index contributed by atoms with van der Waals surface area (Å²) in [6, 6.07) is 6.45. The number of aryl methyl sites for hydroxylation is 2. The average molecular weight is 217 g/mol. The van der Waals surface area contributed by atoms with E-state index in [-0.39, 0.29) is 0 Å². The molecule has 2 aliphatic rings. The maximum Gasteiger partial charge on any atom is 0.105 e. The third-order valence-electron chi connectivity index (χ3n) is 4.16. The Morgan fingerprint density at radius 3 is 2.69 bits per heavy atom. The predicted octanol–water partition coefficient (Wildman–Crippen LogP) is 1.73. The summed E-state index contributed by atoms with van der Waals surface area (Å²) in [5.74, 6) is 0.386. The van der Waals surface area contributed by atoms with Crippen molar-refractivity contribution in [1.82, 2.24) is 0 Å². The molecule has 0 radical (unpaired) electrons. The Hall–Kier alpha value is -0.860. The first-order valence-corrected chi connectivity index (χ1v) is 6.29. The first kappa shape index (κ1) is 10.3. The van der Waals surface area contributed by atoms with Crippen molar-refractivity contribution in [3.8, 4) is 0 Å². The van der Waals surface area contributed by atoms with Gasteiger partial charge >= 0.3 is 0 Å². The van der Waals surface area contributed by atoms with Crippen molar-refractivity contribution in [2.45, 2.75) is 37.7 Å². The number of rotatable bonds is 3. The molecule has 3 rings (SSSR count). The van der Waals surface area contributed by atoms with Gasteiger partial charge in [-0.3, -0.25) is 0 Å². The van der Waals surface area contributed by atoms with E-state index in [1.165, 1.54) is 24.0 Å². The summed E-state index contributed by atoms with van der Waals surface area (Å²) in [5, 5.41) is 10.6. The SMILES string of the molecule is NCC(O)(c1ccc2c(c1)CCC2)C1CC1. The minimum Gasteiger partial charge on any atom is -0.384 e. The molecule has 0 amide bonds. The Balaban J connectivity index is 1.99. The molecule has 0 bridgehead atoms. The van der Waals surface area contributed by atoms with Crippen molar-refractivity contribution in [2.75, 3.05) is 6.54 Å². The molecule has 2 nitrogen and oxygen atoms in total. The van der Waals surface area contributed by atoms with Crippen LogP contribution in [0.3, 0.4) is 0 Å². The van der Waals surface area contributed by atoms with E-state index in [1.54, 1.807) is 0 Å². The molecule has 3 N–H and O–H groups in total. The normalized spacial score (nSPS) is 22.9. The molecule has 2 aliphatic carbocycles. The van der Waals surface area contributed by atoms with Gasteiger partial charge in [0.2, 0.25) is 0 Å². The fourth-order valence-corrected chi connectivity index (χ4v) is 2.92. The third kappa shape index (κ3) is 1.48. The highest BCUT2D eigenvalue weighted by Crippen LogP contribution is 2.45. The van der Waals surface area contributed by atoms with E-state index in [0.29, 0.717) is 12.5 Å². The lowest BCUT2D eigenvalue weighted by Crippen LogP contribution is -2.37. The number of aliphatic hydroxyl groups is 1. The largest absolute Gasteiger partial charge is 0.384 e. The lowest BCUT2D eigenvalue weighted by molar-refractivity contribution is 0.0221. The van der Waals surface area contributed by atoms with E-state index in [2.05, 4.69) is 18.2 Å². The predicted molar refractivity (Wildman–Crippen MR) is 64.1 cm³/mol. The summed E-state index contributed by atoms with van der Waals surface area (Å²) in [4.78, 5) is 0. The zero-order valence-electron chi connectivity index (χ0n) is 9.58. The summed E-state index contributed by atoms with van der Waals surface area (Å²) in [5.41, 5.74) is 8.93. The van der Waals surface area contributed by atoms with E-state index in [1.807, 2.05) is 0 Å². The lowest BCUT2D eigenvalue weighted by atomic mass is 9.87. The average Bonchev–Trinajstić information content (AvgIpc) is 3.06. The highest BCUT2D eigenvalue weighted by molar-refractivity contribution is 5.38. The number of hydrogen-bond donors (Lipinski definition) is 2. The zero-order chi connectivity index (χ0) is 11.2. The van der Waals surface area contributed by atoms with Gasteiger partial charge in [-0.05, 0) is 54.7 Å². The van der Waals surface area contributed by atoms with Crippen molar-refractivity contribution in [3.05, 3.63) is 34.9 Å². The van der Waals surface area contributed by atoms with Crippen LogP contribution in [0.25, 0.3) is 0 Å². The molecule has 1 saturated carbocycles. The molecular formula is C14H19NO. The highest BCUT2D eigenvalue weighted by Gasteiger charge is 2.44. The maximum absolute atomic E-state index is 10.6. The van der Waals surface area contributed by atoms with E-state index in [9.17, 15) is 5.11 Å². The first-order valence-electron chi connectivity index (χ1n) is 6.29. The second-order valence-electron chi connectivity index (χ2n) is 5.24. The Labute approximate surface area is 96.5 Å². The number of nitrogens with two attached hydrogens (primary N) is 1. The molecule has 0 saturated heterocycles. The van der Waals surface area contributed by atoms with E-state index < -0.39 is 5.60 Å². The van der Waals surface area contributed by atoms with Crippen molar-refractivity contribution in [1.29, 1.82) is 0 Å². The number of hydrogen-bond acceptors (Lipinski definition) is 2. The van der Waals surface area contributed by atoms with Crippen molar-refractivity contribution in [3.63, 3.8) is 0 Å². The Bertz CT molecular complexity index is 411. The molecule has 0 heterocycles. The summed E-state index contributed by atoms with van der Waals surface area (Å²) in [7, 11) is 0. The summed E-state index contributed by atoms with van der Waals surface area (Å²) in [6.07, 6.45) is 5.84. The minimum atomic E-state index is -0.766. The molecule has 0 aliphatic heterocycles. The van der Waals surface area contributed by atoms with E-state index >= 15 is 0 Å². The summed E-state index contributed by atoms with van der Waals surface area (Å²) < 4.78 is 0. The minimum absolute atomic E-state index is 0.344. The molecular weight excluding hydrogens is 198 g/mol. The fraction of sp³-hybridized carbons (Fsp3) is 0.571. The van der Waals surface area contributed by atoms with Gasteiger partial charge in [0, 0.05) is 6.54 Å². The molecule has 2 heteroatoms. The fourth-order valence-electron chi connectivity index (χ4n) is 2.92. The molecule has 0 spiro atoms. The second-order valence-corrected chi connectivity index (χ2v) is 5.24. The zero-order valence-corrected chi connectivity index (χ0v) is 9.58. The van der Waals surface area contributed by atoms with Crippen LogP contribution in [0.5, 0.6) is 0 Å². The van der Waals surface area contributed by atoms with Crippen molar-refractivity contribution in [2.24, 2.45) is 11.7 Å². The van der Waals surface area contributed by atoms with Gasteiger partial charge < -0.3 is 10.8 Å². The topological polar surface area (TPSA) is 46.2 Å². The number of benzene rings is 1. The van der Waals surface area contributed by atoms with E-state index in [4.69, 9.17) is 5.73 Å². The smallest absolute Gasteiger partial charge is 0.105 e. The number of fused-ring (bicyclic) bond motifs is 1. The van der Waals surface area contributed by atoms with Crippen molar-refractivity contribution >= 4 is 0 Å². The molecule has 1 aromatic carbocycles. The van der Waals surface area contributed by atoms with Crippen LogP contribution in [0.1, 0.15) is 36.0 Å². The second kappa shape index (κ2) is 3.57. The van der Waals surface area contributed by atoms with Crippen molar-refractivity contribution < 1.29 is 5.11 Å². The molecule has 1 aromatic rings. The Morgan fingerprint density at radius 2 is 2.00 bits per heavy atom. The monoisotopic (exact) mass is 217 g/mol. The van der Waals surface area contributed by atoms with Gasteiger partial charge in [0.05, 0.1) is 0 Å². The highest BCUT2D eigenvalue weighted by atomic mass is 16.3. The van der Waals surface area contributed by atoms with Gasteiger partial charge in [0.25, 0.3) is 0 Å². The molecule has 1 fully saturated rings. The van der Waals surface area contributed by atoms with Gasteiger partial charge in [-0.1, -0.05) is 18.2 Å². The van der Waals surface area contributed by atoms with Crippen LogP contribution in [-0.4, -0.2) is 11.7 Å². The first-order chi connectivity index (χ1) is 7.74. The Morgan fingerprint density at radius 1 is 1.25 bits per heavy atom. The molecule has 0 aromatic heterocycles.